The number of aromatic nitrogens is 2. The zero-order valence-electron chi connectivity index (χ0n) is 15.5. The molecule has 2 aromatic carbocycles. The van der Waals surface area contributed by atoms with Crippen molar-refractivity contribution < 1.29 is 13.6 Å². The summed E-state index contributed by atoms with van der Waals surface area (Å²) < 4.78 is 10.9. The van der Waals surface area contributed by atoms with Gasteiger partial charge in [-0.05, 0) is 55.0 Å². The monoisotopic (exact) mass is 384 g/mol. The molecule has 0 bridgehead atoms. The largest absolute Gasteiger partial charge is 0.459 e. The van der Waals surface area contributed by atoms with Gasteiger partial charge in [0.2, 0.25) is 5.89 Å². The SMILES string of the molecule is CC(C#N)c1cccc(C(=O)Nc2cccc(-c3nnc(-c4ccco4)o3)c2)c1. The van der Waals surface area contributed by atoms with Crippen molar-refractivity contribution in [2.24, 2.45) is 0 Å². The van der Waals surface area contributed by atoms with Crippen molar-refractivity contribution >= 4 is 11.6 Å². The molecule has 7 nitrogen and oxygen atoms in total. The molecule has 4 aromatic rings. The molecule has 0 saturated carbocycles. The van der Waals surface area contributed by atoms with Crippen LogP contribution in [0.4, 0.5) is 5.69 Å². The highest BCUT2D eigenvalue weighted by atomic mass is 16.4. The van der Waals surface area contributed by atoms with Crippen LogP contribution in [-0.4, -0.2) is 16.1 Å². The second-order valence-electron chi connectivity index (χ2n) is 6.40. The number of anilines is 1. The molecule has 2 heterocycles. The second kappa shape index (κ2) is 7.82. The van der Waals surface area contributed by atoms with Crippen molar-refractivity contribution in [1.82, 2.24) is 10.2 Å². The first-order valence-electron chi connectivity index (χ1n) is 8.93. The highest BCUT2D eigenvalue weighted by molar-refractivity contribution is 6.04. The predicted octanol–water partition coefficient (Wildman–Crippen LogP) is 4.88. The summed E-state index contributed by atoms with van der Waals surface area (Å²) in [7, 11) is 0. The number of hydrogen-bond donors (Lipinski definition) is 1. The molecule has 0 aliphatic rings. The van der Waals surface area contributed by atoms with E-state index in [9.17, 15) is 4.79 Å². The fourth-order valence-electron chi connectivity index (χ4n) is 2.80. The second-order valence-corrected chi connectivity index (χ2v) is 6.40. The fourth-order valence-corrected chi connectivity index (χ4v) is 2.80. The molecular formula is C22H16N4O3. The Morgan fingerprint density at radius 1 is 1.07 bits per heavy atom. The van der Waals surface area contributed by atoms with Gasteiger partial charge in [0.1, 0.15) is 0 Å². The van der Waals surface area contributed by atoms with Crippen LogP contribution in [0.2, 0.25) is 0 Å². The van der Waals surface area contributed by atoms with Crippen LogP contribution in [0.25, 0.3) is 23.1 Å². The molecule has 2 aromatic heterocycles. The third-order valence-electron chi connectivity index (χ3n) is 4.37. The standard InChI is InChI=1S/C22H16N4O3/c1-14(13-23)15-5-2-6-16(11-15)20(27)24-18-8-3-7-17(12-18)21-25-26-22(29-21)19-9-4-10-28-19/h2-12,14H,1H3,(H,24,27). The maximum Gasteiger partial charge on any atom is 0.283 e. The molecule has 4 rings (SSSR count). The topological polar surface area (TPSA) is 105 Å². The lowest BCUT2D eigenvalue weighted by Crippen LogP contribution is -2.12. The summed E-state index contributed by atoms with van der Waals surface area (Å²) in [5, 5.41) is 20.0. The summed E-state index contributed by atoms with van der Waals surface area (Å²) >= 11 is 0. The van der Waals surface area contributed by atoms with Gasteiger partial charge in [0, 0.05) is 16.8 Å². The number of hydrogen-bond acceptors (Lipinski definition) is 6. The molecule has 1 N–H and O–H groups in total. The Morgan fingerprint density at radius 3 is 2.69 bits per heavy atom. The number of nitrogens with zero attached hydrogens (tertiary/aromatic N) is 3. The molecule has 142 valence electrons. The zero-order chi connectivity index (χ0) is 20.2. The van der Waals surface area contributed by atoms with Crippen LogP contribution in [0.15, 0.2) is 75.8 Å². The van der Waals surface area contributed by atoms with E-state index < -0.39 is 0 Å². The Labute approximate surface area is 166 Å². The van der Waals surface area contributed by atoms with E-state index >= 15 is 0 Å². The van der Waals surface area contributed by atoms with Gasteiger partial charge in [-0.2, -0.15) is 5.26 Å². The predicted molar refractivity (Wildman–Crippen MR) is 106 cm³/mol. The summed E-state index contributed by atoms with van der Waals surface area (Å²) in [5.41, 5.74) is 2.53. The van der Waals surface area contributed by atoms with E-state index in [0.29, 0.717) is 28.5 Å². The van der Waals surface area contributed by atoms with Crippen molar-refractivity contribution in [3.63, 3.8) is 0 Å². The first kappa shape index (κ1) is 18.2. The van der Waals surface area contributed by atoms with Crippen LogP contribution < -0.4 is 5.32 Å². The van der Waals surface area contributed by atoms with Crippen LogP contribution in [0.5, 0.6) is 0 Å². The quantitative estimate of drug-likeness (QED) is 0.526. The molecule has 1 atom stereocenters. The maximum absolute atomic E-state index is 12.6. The summed E-state index contributed by atoms with van der Waals surface area (Å²) in [6, 6.07) is 19.8. The molecule has 29 heavy (non-hydrogen) atoms. The molecule has 0 fully saturated rings. The molecule has 0 aliphatic carbocycles. The fraction of sp³-hybridized carbons (Fsp3) is 0.0909. The third kappa shape index (κ3) is 3.92. The molecule has 1 amide bonds. The number of nitriles is 1. The van der Waals surface area contributed by atoms with Gasteiger partial charge in [-0.15, -0.1) is 10.2 Å². The third-order valence-corrected chi connectivity index (χ3v) is 4.37. The minimum atomic E-state index is -0.285. The zero-order valence-corrected chi connectivity index (χ0v) is 15.5. The lowest BCUT2D eigenvalue weighted by atomic mass is 10.0. The smallest absolute Gasteiger partial charge is 0.283 e. The van der Waals surface area contributed by atoms with E-state index in [1.54, 1.807) is 55.5 Å². The Kier molecular flexibility index (Phi) is 4.91. The summed E-state index contributed by atoms with van der Waals surface area (Å²) in [4.78, 5) is 12.6. The van der Waals surface area contributed by atoms with E-state index in [-0.39, 0.29) is 17.7 Å². The number of carbonyl (C=O) groups excluding carboxylic acids is 1. The van der Waals surface area contributed by atoms with Gasteiger partial charge < -0.3 is 14.2 Å². The van der Waals surface area contributed by atoms with Crippen molar-refractivity contribution in [3.05, 3.63) is 78.1 Å². The van der Waals surface area contributed by atoms with E-state index in [2.05, 4.69) is 21.6 Å². The molecule has 0 spiro atoms. The summed E-state index contributed by atoms with van der Waals surface area (Å²) in [6.45, 7) is 1.79. The van der Waals surface area contributed by atoms with E-state index in [4.69, 9.17) is 14.1 Å². The van der Waals surface area contributed by atoms with Crippen LogP contribution in [-0.2, 0) is 0 Å². The van der Waals surface area contributed by atoms with E-state index in [1.807, 2.05) is 12.1 Å². The van der Waals surface area contributed by atoms with Crippen LogP contribution >= 0.6 is 0 Å². The molecule has 1 unspecified atom stereocenters. The number of amides is 1. The van der Waals surface area contributed by atoms with Gasteiger partial charge in [0.15, 0.2) is 5.76 Å². The van der Waals surface area contributed by atoms with Gasteiger partial charge in [-0.25, -0.2) is 0 Å². The van der Waals surface area contributed by atoms with E-state index in [0.717, 1.165) is 5.56 Å². The molecule has 0 aliphatic heterocycles. The average Bonchev–Trinajstić information content (AvgIpc) is 3.45. The van der Waals surface area contributed by atoms with Crippen LogP contribution in [0.3, 0.4) is 0 Å². The Balaban J connectivity index is 1.54. The van der Waals surface area contributed by atoms with E-state index in [1.165, 1.54) is 6.26 Å². The van der Waals surface area contributed by atoms with Gasteiger partial charge in [0.25, 0.3) is 11.8 Å². The molecule has 0 radical (unpaired) electrons. The van der Waals surface area contributed by atoms with Crippen molar-refractivity contribution in [3.8, 4) is 29.2 Å². The lowest BCUT2D eigenvalue weighted by Gasteiger charge is -2.08. The minimum Gasteiger partial charge on any atom is -0.459 e. The molecule has 7 heteroatoms. The van der Waals surface area contributed by atoms with Crippen molar-refractivity contribution in [1.29, 1.82) is 5.26 Å². The van der Waals surface area contributed by atoms with Gasteiger partial charge in [0.05, 0.1) is 18.3 Å². The highest BCUT2D eigenvalue weighted by Gasteiger charge is 2.14. The van der Waals surface area contributed by atoms with Gasteiger partial charge in [-0.3, -0.25) is 4.79 Å². The Morgan fingerprint density at radius 2 is 1.90 bits per heavy atom. The number of furan rings is 1. The Hall–Kier alpha value is -4.18. The minimum absolute atomic E-state index is 0.268. The number of carbonyl (C=O) groups is 1. The van der Waals surface area contributed by atoms with Crippen LogP contribution in [0, 0.1) is 11.3 Å². The number of benzene rings is 2. The molecular weight excluding hydrogens is 368 g/mol. The van der Waals surface area contributed by atoms with Gasteiger partial charge in [-0.1, -0.05) is 18.2 Å². The maximum atomic E-state index is 12.6. The number of nitrogens with one attached hydrogen (secondary N) is 1. The average molecular weight is 384 g/mol. The highest BCUT2D eigenvalue weighted by Crippen LogP contribution is 2.26. The van der Waals surface area contributed by atoms with Gasteiger partial charge >= 0.3 is 0 Å². The normalized spacial score (nSPS) is 11.6. The summed E-state index contributed by atoms with van der Waals surface area (Å²) in [5.74, 6) is 0.530. The molecule has 0 saturated heterocycles. The number of rotatable bonds is 5. The first-order chi connectivity index (χ1) is 14.1. The van der Waals surface area contributed by atoms with Crippen molar-refractivity contribution in [2.45, 2.75) is 12.8 Å². The first-order valence-corrected chi connectivity index (χ1v) is 8.93. The Bertz CT molecular complexity index is 1190. The van der Waals surface area contributed by atoms with Crippen LogP contribution in [0.1, 0.15) is 28.8 Å². The van der Waals surface area contributed by atoms with Crippen molar-refractivity contribution in [2.75, 3.05) is 5.32 Å². The lowest BCUT2D eigenvalue weighted by molar-refractivity contribution is 0.102. The summed E-state index contributed by atoms with van der Waals surface area (Å²) in [6.07, 6.45) is 1.53.